The third-order valence-electron chi connectivity index (χ3n) is 4.04. The van der Waals surface area contributed by atoms with Crippen LogP contribution in [0.1, 0.15) is 31.7 Å². The molecule has 0 spiro atoms. The van der Waals surface area contributed by atoms with Crippen LogP contribution < -0.4 is 10.1 Å². The molecule has 2 unspecified atom stereocenters. The van der Waals surface area contributed by atoms with Gasteiger partial charge in [-0.15, -0.1) is 6.42 Å². The highest BCUT2D eigenvalue weighted by Gasteiger charge is 2.22. The standard InChI is InChI=1S/C17H23NO/c1-3-11-19-17-10-5-4-8-16(17)13-18-12-15-9-6-7-14(15)2/h1,4-5,8,10,14-15,18H,6-7,9,11-13H2,2H3. The summed E-state index contributed by atoms with van der Waals surface area (Å²) >= 11 is 0. The van der Waals surface area contributed by atoms with Crippen molar-refractivity contribution in [2.75, 3.05) is 13.2 Å². The van der Waals surface area contributed by atoms with Gasteiger partial charge in [0.25, 0.3) is 0 Å². The van der Waals surface area contributed by atoms with Crippen LogP contribution in [0.2, 0.25) is 0 Å². The minimum absolute atomic E-state index is 0.330. The molecule has 0 aromatic heterocycles. The number of hydrogen-bond acceptors (Lipinski definition) is 2. The van der Waals surface area contributed by atoms with Gasteiger partial charge < -0.3 is 10.1 Å². The fraction of sp³-hybridized carbons (Fsp3) is 0.529. The van der Waals surface area contributed by atoms with E-state index in [-0.39, 0.29) is 0 Å². The lowest BCUT2D eigenvalue weighted by Gasteiger charge is -2.17. The first-order chi connectivity index (χ1) is 9.31. The third-order valence-corrected chi connectivity index (χ3v) is 4.04. The Kier molecular flexibility index (Phi) is 5.30. The van der Waals surface area contributed by atoms with Gasteiger partial charge in [0.15, 0.2) is 0 Å². The quantitative estimate of drug-likeness (QED) is 0.790. The second-order valence-corrected chi connectivity index (χ2v) is 5.40. The predicted molar refractivity (Wildman–Crippen MR) is 79.0 cm³/mol. The van der Waals surface area contributed by atoms with E-state index in [9.17, 15) is 0 Å². The Balaban J connectivity index is 1.83. The summed E-state index contributed by atoms with van der Waals surface area (Å²) in [5.74, 6) is 5.10. The first kappa shape index (κ1) is 14.0. The molecular formula is C17H23NO. The Labute approximate surface area is 116 Å². The van der Waals surface area contributed by atoms with E-state index in [2.05, 4.69) is 24.2 Å². The second-order valence-electron chi connectivity index (χ2n) is 5.40. The number of para-hydroxylation sites is 1. The van der Waals surface area contributed by atoms with E-state index in [0.717, 1.165) is 30.7 Å². The zero-order valence-corrected chi connectivity index (χ0v) is 11.7. The highest BCUT2D eigenvalue weighted by molar-refractivity contribution is 5.33. The summed E-state index contributed by atoms with van der Waals surface area (Å²) in [6.45, 7) is 4.65. The van der Waals surface area contributed by atoms with E-state index in [0.29, 0.717) is 6.61 Å². The maximum absolute atomic E-state index is 5.55. The van der Waals surface area contributed by atoms with Crippen LogP contribution in [0.3, 0.4) is 0 Å². The molecule has 0 amide bonds. The SMILES string of the molecule is C#CCOc1ccccc1CNCC1CCCC1C. The number of hydrogen-bond donors (Lipinski definition) is 1. The van der Waals surface area contributed by atoms with Crippen LogP contribution in [0.5, 0.6) is 5.75 Å². The van der Waals surface area contributed by atoms with Gasteiger partial charge in [0.05, 0.1) is 0 Å². The van der Waals surface area contributed by atoms with Gasteiger partial charge in [-0.3, -0.25) is 0 Å². The van der Waals surface area contributed by atoms with Gasteiger partial charge in [0, 0.05) is 12.1 Å². The lowest BCUT2D eigenvalue weighted by Crippen LogP contribution is -2.24. The molecule has 102 valence electrons. The number of ether oxygens (including phenoxy) is 1. The van der Waals surface area contributed by atoms with Gasteiger partial charge in [0.2, 0.25) is 0 Å². The van der Waals surface area contributed by atoms with Crippen LogP contribution >= 0.6 is 0 Å². The normalized spacial score (nSPS) is 22.1. The average molecular weight is 257 g/mol. The van der Waals surface area contributed by atoms with Crippen molar-refractivity contribution in [2.45, 2.75) is 32.7 Å². The molecule has 2 rings (SSSR count). The van der Waals surface area contributed by atoms with Crippen LogP contribution in [0.4, 0.5) is 0 Å². The molecule has 1 aliphatic carbocycles. The molecule has 1 N–H and O–H groups in total. The largest absolute Gasteiger partial charge is 0.481 e. The maximum Gasteiger partial charge on any atom is 0.148 e. The molecule has 1 aliphatic rings. The summed E-state index contributed by atoms with van der Waals surface area (Å²) in [6.07, 6.45) is 9.37. The van der Waals surface area contributed by atoms with Gasteiger partial charge in [-0.25, -0.2) is 0 Å². The average Bonchev–Trinajstić information content (AvgIpc) is 2.83. The molecule has 2 atom stereocenters. The van der Waals surface area contributed by atoms with Gasteiger partial charge in [-0.1, -0.05) is 43.9 Å². The Morgan fingerprint density at radius 2 is 2.21 bits per heavy atom. The van der Waals surface area contributed by atoms with Gasteiger partial charge in [-0.2, -0.15) is 0 Å². The van der Waals surface area contributed by atoms with Crippen LogP contribution in [0, 0.1) is 24.2 Å². The lowest BCUT2D eigenvalue weighted by molar-refractivity contribution is 0.360. The smallest absolute Gasteiger partial charge is 0.148 e. The molecule has 1 saturated carbocycles. The molecule has 0 aliphatic heterocycles. The monoisotopic (exact) mass is 257 g/mol. The molecule has 2 heteroatoms. The molecule has 0 bridgehead atoms. The van der Waals surface area contributed by atoms with Crippen molar-refractivity contribution in [3.8, 4) is 18.1 Å². The molecule has 0 heterocycles. The van der Waals surface area contributed by atoms with E-state index in [1.54, 1.807) is 0 Å². The summed E-state index contributed by atoms with van der Waals surface area (Å²) in [4.78, 5) is 0. The minimum Gasteiger partial charge on any atom is -0.481 e. The van der Waals surface area contributed by atoms with E-state index in [1.165, 1.54) is 24.8 Å². The van der Waals surface area contributed by atoms with Gasteiger partial charge in [0.1, 0.15) is 12.4 Å². The molecule has 2 nitrogen and oxygen atoms in total. The number of benzene rings is 1. The fourth-order valence-electron chi connectivity index (χ4n) is 2.83. The van der Waals surface area contributed by atoms with Crippen molar-refractivity contribution in [1.82, 2.24) is 5.32 Å². The van der Waals surface area contributed by atoms with E-state index < -0.39 is 0 Å². The zero-order chi connectivity index (χ0) is 13.5. The van der Waals surface area contributed by atoms with Crippen molar-refractivity contribution >= 4 is 0 Å². The number of terminal acetylenes is 1. The maximum atomic E-state index is 5.55. The van der Waals surface area contributed by atoms with Crippen molar-refractivity contribution < 1.29 is 4.74 Å². The van der Waals surface area contributed by atoms with Crippen LogP contribution in [0.25, 0.3) is 0 Å². The summed E-state index contributed by atoms with van der Waals surface area (Å²) < 4.78 is 5.55. The van der Waals surface area contributed by atoms with Crippen molar-refractivity contribution in [1.29, 1.82) is 0 Å². The molecule has 1 aromatic carbocycles. The predicted octanol–water partition coefficient (Wildman–Crippen LogP) is 3.22. The Bertz CT molecular complexity index is 435. The highest BCUT2D eigenvalue weighted by Crippen LogP contribution is 2.30. The molecular weight excluding hydrogens is 234 g/mol. The van der Waals surface area contributed by atoms with Gasteiger partial charge in [-0.05, 0) is 30.9 Å². The zero-order valence-electron chi connectivity index (χ0n) is 11.7. The lowest BCUT2D eigenvalue weighted by atomic mass is 9.98. The first-order valence-electron chi connectivity index (χ1n) is 7.16. The molecule has 0 radical (unpaired) electrons. The number of rotatable bonds is 6. The minimum atomic E-state index is 0.330. The Hall–Kier alpha value is -1.46. The third kappa shape index (κ3) is 4.01. The van der Waals surface area contributed by atoms with Crippen LogP contribution in [0.15, 0.2) is 24.3 Å². The van der Waals surface area contributed by atoms with Gasteiger partial charge >= 0.3 is 0 Å². The molecule has 0 saturated heterocycles. The summed E-state index contributed by atoms with van der Waals surface area (Å²) in [5.41, 5.74) is 1.18. The fourth-order valence-corrected chi connectivity index (χ4v) is 2.83. The summed E-state index contributed by atoms with van der Waals surface area (Å²) in [6, 6.07) is 8.09. The van der Waals surface area contributed by atoms with Crippen molar-refractivity contribution in [3.63, 3.8) is 0 Å². The van der Waals surface area contributed by atoms with Crippen molar-refractivity contribution in [3.05, 3.63) is 29.8 Å². The van der Waals surface area contributed by atoms with E-state index in [1.807, 2.05) is 18.2 Å². The Morgan fingerprint density at radius 1 is 1.37 bits per heavy atom. The van der Waals surface area contributed by atoms with Crippen LogP contribution in [-0.2, 0) is 6.54 Å². The van der Waals surface area contributed by atoms with Crippen LogP contribution in [-0.4, -0.2) is 13.2 Å². The molecule has 1 fully saturated rings. The van der Waals surface area contributed by atoms with Crippen molar-refractivity contribution in [2.24, 2.45) is 11.8 Å². The topological polar surface area (TPSA) is 21.3 Å². The molecule has 1 aromatic rings. The Morgan fingerprint density at radius 3 is 2.95 bits per heavy atom. The summed E-state index contributed by atoms with van der Waals surface area (Å²) in [5, 5.41) is 3.56. The molecule has 19 heavy (non-hydrogen) atoms. The second kappa shape index (κ2) is 7.21. The summed E-state index contributed by atoms with van der Waals surface area (Å²) in [7, 11) is 0. The highest BCUT2D eigenvalue weighted by atomic mass is 16.5. The van der Waals surface area contributed by atoms with E-state index >= 15 is 0 Å². The number of nitrogens with one attached hydrogen (secondary N) is 1. The first-order valence-corrected chi connectivity index (χ1v) is 7.16. The van der Waals surface area contributed by atoms with E-state index in [4.69, 9.17) is 11.2 Å².